The molecule has 1 aromatic carbocycles. The molecule has 2 rings (SSSR count). The topological polar surface area (TPSA) is 78.4 Å². The number of hydrogen-bond donors (Lipinski definition) is 3. The smallest absolute Gasteiger partial charge is 0.319 e. The van der Waals surface area contributed by atoms with Crippen molar-refractivity contribution in [2.75, 3.05) is 5.32 Å². The molecule has 21 heavy (non-hydrogen) atoms. The molecule has 1 aliphatic carbocycles. The van der Waals surface area contributed by atoms with Crippen molar-refractivity contribution in [3.63, 3.8) is 0 Å². The molecular formula is C14H16F2N2O3. The van der Waals surface area contributed by atoms with Crippen LogP contribution >= 0.6 is 0 Å². The number of anilines is 1. The van der Waals surface area contributed by atoms with Crippen molar-refractivity contribution in [1.82, 2.24) is 5.32 Å². The number of aliphatic carboxylic acids is 1. The first-order chi connectivity index (χ1) is 9.97. The Balaban J connectivity index is 1.87. The Morgan fingerprint density at radius 2 is 1.67 bits per heavy atom. The summed E-state index contributed by atoms with van der Waals surface area (Å²) in [7, 11) is 0. The van der Waals surface area contributed by atoms with Gasteiger partial charge in [0.1, 0.15) is 17.3 Å². The first-order valence-electron chi connectivity index (χ1n) is 6.71. The fourth-order valence-corrected chi connectivity index (χ4v) is 2.44. The molecule has 0 bridgehead atoms. The third-order valence-electron chi connectivity index (χ3n) is 3.61. The zero-order valence-corrected chi connectivity index (χ0v) is 11.2. The van der Waals surface area contributed by atoms with Crippen molar-refractivity contribution in [2.45, 2.75) is 31.7 Å². The Morgan fingerprint density at radius 3 is 2.19 bits per heavy atom. The number of benzene rings is 1. The Kier molecular flexibility index (Phi) is 4.72. The predicted octanol–water partition coefficient (Wildman–Crippen LogP) is 2.73. The second kappa shape index (κ2) is 6.51. The van der Waals surface area contributed by atoms with Crippen molar-refractivity contribution in [3.8, 4) is 0 Å². The molecule has 0 aliphatic heterocycles. The van der Waals surface area contributed by atoms with E-state index in [-0.39, 0.29) is 12.0 Å². The van der Waals surface area contributed by atoms with E-state index < -0.39 is 29.3 Å². The third-order valence-corrected chi connectivity index (χ3v) is 3.61. The van der Waals surface area contributed by atoms with Gasteiger partial charge >= 0.3 is 12.0 Å². The van der Waals surface area contributed by atoms with E-state index in [4.69, 9.17) is 5.11 Å². The maximum absolute atomic E-state index is 13.4. The van der Waals surface area contributed by atoms with Gasteiger partial charge in [-0.2, -0.15) is 0 Å². The van der Waals surface area contributed by atoms with Crippen LogP contribution < -0.4 is 10.6 Å². The van der Waals surface area contributed by atoms with Gasteiger partial charge < -0.3 is 15.7 Å². The molecule has 0 spiro atoms. The van der Waals surface area contributed by atoms with Crippen molar-refractivity contribution in [3.05, 3.63) is 29.8 Å². The van der Waals surface area contributed by atoms with Crippen LogP contribution in [0.4, 0.5) is 19.3 Å². The van der Waals surface area contributed by atoms with Crippen molar-refractivity contribution in [2.24, 2.45) is 5.92 Å². The van der Waals surface area contributed by atoms with Gasteiger partial charge in [0.05, 0.1) is 5.92 Å². The summed E-state index contributed by atoms with van der Waals surface area (Å²) in [6.45, 7) is 0. The predicted molar refractivity (Wildman–Crippen MR) is 71.9 cm³/mol. The van der Waals surface area contributed by atoms with Gasteiger partial charge in [-0.05, 0) is 37.8 Å². The van der Waals surface area contributed by atoms with Crippen LogP contribution in [0.3, 0.4) is 0 Å². The highest BCUT2D eigenvalue weighted by Crippen LogP contribution is 2.24. The molecule has 1 aliphatic rings. The monoisotopic (exact) mass is 298 g/mol. The number of halogens is 2. The zero-order chi connectivity index (χ0) is 15.4. The summed E-state index contributed by atoms with van der Waals surface area (Å²) in [4.78, 5) is 22.5. The average Bonchev–Trinajstić information content (AvgIpc) is 2.43. The van der Waals surface area contributed by atoms with E-state index in [1.165, 1.54) is 6.07 Å². The van der Waals surface area contributed by atoms with Crippen molar-refractivity contribution >= 4 is 17.7 Å². The molecule has 0 unspecified atom stereocenters. The Bertz CT molecular complexity index is 523. The number of carboxylic acid groups (broad SMARTS) is 1. The highest BCUT2D eigenvalue weighted by atomic mass is 19.1. The number of para-hydroxylation sites is 1. The highest BCUT2D eigenvalue weighted by molar-refractivity contribution is 5.89. The molecule has 1 fully saturated rings. The van der Waals surface area contributed by atoms with Gasteiger partial charge in [0.25, 0.3) is 0 Å². The van der Waals surface area contributed by atoms with Gasteiger partial charge in [-0.25, -0.2) is 13.6 Å². The number of urea groups is 1. The Labute approximate surface area is 120 Å². The maximum atomic E-state index is 13.4. The number of carbonyl (C=O) groups excluding carboxylic acids is 1. The molecule has 7 heteroatoms. The number of carbonyl (C=O) groups is 2. The van der Waals surface area contributed by atoms with E-state index in [9.17, 15) is 18.4 Å². The van der Waals surface area contributed by atoms with E-state index in [1.54, 1.807) is 0 Å². The van der Waals surface area contributed by atoms with Gasteiger partial charge in [-0.3, -0.25) is 4.79 Å². The number of hydrogen-bond acceptors (Lipinski definition) is 2. The molecule has 2 amide bonds. The molecule has 114 valence electrons. The SMILES string of the molecule is O=C(Nc1c(F)cccc1F)NC1CCC(C(=O)O)CC1. The number of nitrogens with one attached hydrogen (secondary N) is 2. The fraction of sp³-hybridized carbons (Fsp3) is 0.429. The lowest BCUT2D eigenvalue weighted by molar-refractivity contribution is -0.142. The molecular weight excluding hydrogens is 282 g/mol. The lowest BCUT2D eigenvalue weighted by atomic mass is 9.86. The lowest BCUT2D eigenvalue weighted by Gasteiger charge is -2.26. The normalized spacial score (nSPS) is 21.6. The van der Waals surface area contributed by atoms with Gasteiger partial charge in [0.15, 0.2) is 0 Å². The van der Waals surface area contributed by atoms with Crippen molar-refractivity contribution < 1.29 is 23.5 Å². The van der Waals surface area contributed by atoms with Gasteiger partial charge in [-0.15, -0.1) is 0 Å². The average molecular weight is 298 g/mol. The first kappa shape index (κ1) is 15.2. The second-order valence-corrected chi connectivity index (χ2v) is 5.08. The minimum absolute atomic E-state index is 0.185. The van der Waals surface area contributed by atoms with Crippen LogP contribution in [0.5, 0.6) is 0 Å². The van der Waals surface area contributed by atoms with Crippen LogP contribution in [0.1, 0.15) is 25.7 Å². The molecule has 1 saturated carbocycles. The quantitative estimate of drug-likeness (QED) is 0.803. The minimum atomic E-state index is -0.847. The zero-order valence-electron chi connectivity index (χ0n) is 11.2. The summed E-state index contributed by atoms with van der Waals surface area (Å²) in [5.74, 6) is -2.90. The summed E-state index contributed by atoms with van der Waals surface area (Å²) in [5.41, 5.74) is -0.491. The first-order valence-corrected chi connectivity index (χ1v) is 6.71. The van der Waals surface area contributed by atoms with E-state index in [2.05, 4.69) is 10.6 Å². The Hall–Kier alpha value is -2.18. The van der Waals surface area contributed by atoms with Crippen LogP contribution in [0.15, 0.2) is 18.2 Å². The van der Waals surface area contributed by atoms with E-state index in [0.717, 1.165) is 12.1 Å². The number of rotatable bonds is 3. The third kappa shape index (κ3) is 3.90. The highest BCUT2D eigenvalue weighted by Gasteiger charge is 2.26. The van der Waals surface area contributed by atoms with Gasteiger partial charge in [0, 0.05) is 6.04 Å². The molecule has 5 nitrogen and oxygen atoms in total. The largest absolute Gasteiger partial charge is 0.481 e. The summed E-state index contributed by atoms with van der Waals surface area (Å²) in [6.07, 6.45) is 2.02. The summed E-state index contributed by atoms with van der Waals surface area (Å²) < 4.78 is 26.8. The van der Waals surface area contributed by atoms with Gasteiger partial charge in [0.2, 0.25) is 0 Å². The standard InChI is InChI=1S/C14H16F2N2O3/c15-10-2-1-3-11(16)12(10)18-14(21)17-9-6-4-8(5-7-9)13(19)20/h1-3,8-9H,4-7H2,(H,19,20)(H2,17,18,21). The summed E-state index contributed by atoms with van der Waals surface area (Å²) in [6, 6.07) is 2.43. The molecule has 3 N–H and O–H groups in total. The fourth-order valence-electron chi connectivity index (χ4n) is 2.44. The molecule has 0 atom stereocenters. The number of carboxylic acids is 1. The summed E-state index contributed by atoms with van der Waals surface area (Å²) in [5, 5.41) is 13.6. The lowest BCUT2D eigenvalue weighted by Crippen LogP contribution is -2.41. The van der Waals surface area contributed by atoms with Crippen LogP contribution in [0, 0.1) is 17.6 Å². The van der Waals surface area contributed by atoms with Crippen molar-refractivity contribution in [1.29, 1.82) is 0 Å². The maximum Gasteiger partial charge on any atom is 0.319 e. The number of amides is 2. The molecule has 1 aromatic rings. The van der Waals surface area contributed by atoms with Crippen LogP contribution in [-0.2, 0) is 4.79 Å². The molecule has 0 heterocycles. The van der Waals surface area contributed by atoms with Crippen LogP contribution in [0.25, 0.3) is 0 Å². The van der Waals surface area contributed by atoms with Crippen LogP contribution in [-0.4, -0.2) is 23.1 Å². The van der Waals surface area contributed by atoms with E-state index >= 15 is 0 Å². The van der Waals surface area contributed by atoms with E-state index in [1.807, 2.05) is 0 Å². The van der Waals surface area contributed by atoms with Crippen LogP contribution in [0.2, 0.25) is 0 Å². The van der Waals surface area contributed by atoms with E-state index in [0.29, 0.717) is 25.7 Å². The molecule has 0 radical (unpaired) electrons. The minimum Gasteiger partial charge on any atom is -0.481 e. The molecule has 0 saturated heterocycles. The molecule has 0 aromatic heterocycles. The Morgan fingerprint density at radius 1 is 1.10 bits per heavy atom. The van der Waals surface area contributed by atoms with Gasteiger partial charge in [-0.1, -0.05) is 6.07 Å². The second-order valence-electron chi connectivity index (χ2n) is 5.08. The summed E-state index contributed by atoms with van der Waals surface area (Å²) >= 11 is 0.